The lowest BCUT2D eigenvalue weighted by Crippen LogP contribution is -2.52. The number of amides is 2. The molecule has 0 bridgehead atoms. The van der Waals surface area contributed by atoms with Crippen LogP contribution in [0.15, 0.2) is 22.7 Å². The first-order chi connectivity index (χ1) is 12.3. The van der Waals surface area contributed by atoms with Gasteiger partial charge in [-0.05, 0) is 52.8 Å². The second-order valence-electron chi connectivity index (χ2n) is 7.78. The third-order valence-corrected chi connectivity index (χ3v) is 3.24. The minimum Gasteiger partial charge on any atom is -0.443 e. The second kappa shape index (κ2) is 6.86. The van der Waals surface area contributed by atoms with Gasteiger partial charge in [-0.25, -0.2) is 14.5 Å². The van der Waals surface area contributed by atoms with Crippen LogP contribution < -0.4 is 4.74 Å². The Labute approximate surface area is 155 Å². The maximum absolute atomic E-state index is 12.6. The third kappa shape index (κ3) is 4.72. The summed E-state index contributed by atoms with van der Waals surface area (Å²) in [5.74, 6) is -0.281. The summed E-state index contributed by atoms with van der Waals surface area (Å²) in [7, 11) is 0. The number of nitro groups is 1. The van der Waals surface area contributed by atoms with Crippen molar-refractivity contribution in [2.75, 3.05) is 0 Å². The summed E-state index contributed by atoms with van der Waals surface area (Å²) < 4.78 is 15.4. The van der Waals surface area contributed by atoms with Crippen LogP contribution in [-0.4, -0.2) is 38.3 Å². The van der Waals surface area contributed by atoms with Crippen molar-refractivity contribution in [3.63, 3.8) is 0 Å². The fourth-order valence-corrected chi connectivity index (χ4v) is 2.15. The number of hydrogen-bond acceptors (Lipinski definition) is 8. The monoisotopic (exact) mass is 379 g/mol. The van der Waals surface area contributed by atoms with Crippen molar-refractivity contribution in [3.8, 4) is 5.88 Å². The number of rotatable bonds is 2. The molecular formula is C17H21N3O7. The van der Waals surface area contributed by atoms with Gasteiger partial charge in [0.1, 0.15) is 5.60 Å². The number of fused-ring (bicyclic) bond motifs is 1. The molecule has 0 aliphatic heterocycles. The Bertz CT molecular complexity index is 890. The lowest BCUT2D eigenvalue weighted by Gasteiger charge is -2.33. The quantitative estimate of drug-likeness (QED) is 0.559. The lowest BCUT2D eigenvalue weighted by molar-refractivity contribution is -0.384. The molecule has 1 aromatic carbocycles. The van der Waals surface area contributed by atoms with Gasteiger partial charge in [0.05, 0.1) is 10.3 Å². The van der Waals surface area contributed by atoms with Crippen LogP contribution in [0.1, 0.15) is 41.5 Å². The molecule has 0 spiro atoms. The van der Waals surface area contributed by atoms with Crippen molar-refractivity contribution in [2.24, 2.45) is 0 Å². The fraction of sp³-hybridized carbons (Fsp3) is 0.471. The number of aromatic nitrogens is 1. The molecule has 27 heavy (non-hydrogen) atoms. The van der Waals surface area contributed by atoms with Crippen molar-refractivity contribution in [1.29, 1.82) is 0 Å². The number of nitrogens with zero attached hydrogens (tertiary/aromatic N) is 3. The van der Waals surface area contributed by atoms with E-state index in [1.807, 2.05) is 0 Å². The molecule has 0 saturated heterocycles. The number of benzene rings is 1. The van der Waals surface area contributed by atoms with Crippen LogP contribution in [0.25, 0.3) is 11.0 Å². The molecule has 2 rings (SSSR count). The Morgan fingerprint density at radius 1 is 1.15 bits per heavy atom. The Morgan fingerprint density at radius 2 is 1.78 bits per heavy atom. The minimum absolute atomic E-state index is 0.135. The molecule has 0 atom stereocenters. The van der Waals surface area contributed by atoms with Gasteiger partial charge in [0.25, 0.3) is 11.6 Å². The number of carbonyl (C=O) groups is 2. The SMILES string of the molecule is CC(C)(C)OC(=O)N(C(=O)Oc1noc2ccc([N+](=O)[O-])cc12)C(C)(C)C. The molecule has 0 radical (unpaired) electrons. The number of non-ortho nitro benzene ring substituents is 1. The molecule has 0 fully saturated rings. The molecule has 1 heterocycles. The van der Waals surface area contributed by atoms with Crippen LogP contribution in [0.5, 0.6) is 5.88 Å². The van der Waals surface area contributed by atoms with Crippen LogP contribution in [0.4, 0.5) is 15.3 Å². The van der Waals surface area contributed by atoms with E-state index in [1.165, 1.54) is 18.2 Å². The zero-order valence-corrected chi connectivity index (χ0v) is 15.9. The highest BCUT2D eigenvalue weighted by Crippen LogP contribution is 2.30. The average Bonchev–Trinajstić information content (AvgIpc) is 2.86. The standard InChI is InChI=1S/C17H21N3O7/c1-16(2,3)19(15(22)26-17(4,5)6)14(21)25-13-11-9-10(20(23)24)7-8-12(11)27-18-13/h7-9H,1-6H3. The van der Waals surface area contributed by atoms with E-state index in [0.717, 1.165) is 4.90 Å². The summed E-state index contributed by atoms with van der Waals surface area (Å²) in [4.78, 5) is 36.2. The normalized spacial score (nSPS) is 11.9. The van der Waals surface area contributed by atoms with E-state index < -0.39 is 28.2 Å². The predicted octanol–water partition coefficient (Wildman–Crippen LogP) is 4.27. The molecule has 0 aliphatic rings. The second-order valence-corrected chi connectivity index (χ2v) is 7.78. The van der Waals surface area contributed by atoms with Gasteiger partial charge < -0.3 is 14.0 Å². The number of hydrogen-bond donors (Lipinski definition) is 0. The smallest absolute Gasteiger partial charge is 0.426 e. The topological polar surface area (TPSA) is 125 Å². The van der Waals surface area contributed by atoms with Crippen LogP contribution in [-0.2, 0) is 4.74 Å². The number of ether oxygens (including phenoxy) is 2. The van der Waals surface area contributed by atoms with Gasteiger partial charge in [-0.1, -0.05) is 0 Å². The Hall–Kier alpha value is -3.17. The highest BCUT2D eigenvalue weighted by molar-refractivity contribution is 5.92. The average molecular weight is 379 g/mol. The maximum Gasteiger partial charge on any atom is 0.426 e. The van der Waals surface area contributed by atoms with Gasteiger partial charge in [0, 0.05) is 17.7 Å². The number of imide groups is 1. The van der Waals surface area contributed by atoms with E-state index in [1.54, 1.807) is 41.5 Å². The molecule has 10 heteroatoms. The van der Waals surface area contributed by atoms with Gasteiger partial charge in [-0.15, -0.1) is 0 Å². The molecule has 146 valence electrons. The Balaban J connectivity index is 2.35. The number of carbonyl (C=O) groups excluding carboxylic acids is 2. The lowest BCUT2D eigenvalue weighted by atomic mass is 10.1. The van der Waals surface area contributed by atoms with Crippen molar-refractivity contribution in [2.45, 2.75) is 52.7 Å². The zero-order chi connectivity index (χ0) is 20.6. The van der Waals surface area contributed by atoms with E-state index in [9.17, 15) is 19.7 Å². The van der Waals surface area contributed by atoms with E-state index in [4.69, 9.17) is 14.0 Å². The van der Waals surface area contributed by atoms with Crippen molar-refractivity contribution < 1.29 is 28.5 Å². The highest BCUT2D eigenvalue weighted by atomic mass is 16.6. The molecule has 1 aromatic heterocycles. The Morgan fingerprint density at radius 3 is 2.30 bits per heavy atom. The molecule has 0 unspecified atom stereocenters. The molecular weight excluding hydrogens is 358 g/mol. The van der Waals surface area contributed by atoms with Gasteiger partial charge in [0.2, 0.25) is 0 Å². The highest BCUT2D eigenvalue weighted by Gasteiger charge is 2.38. The summed E-state index contributed by atoms with van der Waals surface area (Å²) in [6.07, 6.45) is -1.93. The van der Waals surface area contributed by atoms with Crippen LogP contribution in [0, 0.1) is 10.1 Å². The third-order valence-electron chi connectivity index (χ3n) is 3.24. The first-order valence-electron chi connectivity index (χ1n) is 8.08. The van der Waals surface area contributed by atoms with Crippen LogP contribution >= 0.6 is 0 Å². The van der Waals surface area contributed by atoms with E-state index >= 15 is 0 Å². The summed E-state index contributed by atoms with van der Waals surface area (Å²) in [5.41, 5.74) is -1.79. The molecule has 0 saturated carbocycles. The van der Waals surface area contributed by atoms with Crippen molar-refractivity contribution >= 4 is 28.8 Å². The predicted molar refractivity (Wildman–Crippen MR) is 94.5 cm³/mol. The van der Waals surface area contributed by atoms with Crippen molar-refractivity contribution in [1.82, 2.24) is 10.1 Å². The largest absolute Gasteiger partial charge is 0.443 e. The minimum atomic E-state index is -1.04. The van der Waals surface area contributed by atoms with Gasteiger partial charge >= 0.3 is 12.2 Å². The summed E-state index contributed by atoms with van der Waals surface area (Å²) in [6.45, 7) is 9.89. The molecule has 2 aromatic rings. The van der Waals surface area contributed by atoms with E-state index in [0.29, 0.717) is 0 Å². The fourth-order valence-electron chi connectivity index (χ4n) is 2.15. The summed E-state index contributed by atoms with van der Waals surface area (Å²) >= 11 is 0. The van der Waals surface area contributed by atoms with Crippen molar-refractivity contribution in [3.05, 3.63) is 28.3 Å². The molecule has 2 amide bonds. The summed E-state index contributed by atoms with van der Waals surface area (Å²) in [6, 6.07) is 3.75. The van der Waals surface area contributed by atoms with E-state index in [-0.39, 0.29) is 22.5 Å². The van der Waals surface area contributed by atoms with Crippen LogP contribution in [0.2, 0.25) is 0 Å². The Kier molecular flexibility index (Phi) is 5.12. The molecule has 0 aliphatic carbocycles. The molecule has 0 N–H and O–H groups in total. The number of nitro benzene ring substituents is 1. The summed E-state index contributed by atoms with van der Waals surface area (Å²) in [5, 5.41) is 14.7. The van der Waals surface area contributed by atoms with Gasteiger partial charge in [-0.3, -0.25) is 10.1 Å². The zero-order valence-electron chi connectivity index (χ0n) is 15.9. The first kappa shape index (κ1) is 20.1. The van der Waals surface area contributed by atoms with Gasteiger partial charge in [-0.2, -0.15) is 0 Å². The van der Waals surface area contributed by atoms with E-state index in [2.05, 4.69) is 5.16 Å². The maximum atomic E-state index is 12.6. The van der Waals surface area contributed by atoms with Crippen LogP contribution in [0.3, 0.4) is 0 Å². The molecule has 10 nitrogen and oxygen atoms in total. The van der Waals surface area contributed by atoms with Gasteiger partial charge in [0.15, 0.2) is 5.58 Å². The first-order valence-corrected chi connectivity index (χ1v) is 8.08.